The first-order chi connectivity index (χ1) is 3.80. The molecule has 0 spiro atoms. The van der Waals surface area contributed by atoms with E-state index < -0.39 is 0 Å². The van der Waals surface area contributed by atoms with E-state index in [1.54, 1.807) is 17.4 Å². The first-order valence-electron chi connectivity index (χ1n) is 2.37. The highest BCUT2D eigenvalue weighted by atomic mass is 16.3. The summed E-state index contributed by atoms with van der Waals surface area (Å²) >= 11 is 0. The molecule has 0 aliphatic carbocycles. The van der Waals surface area contributed by atoms with Gasteiger partial charge in [-0.25, -0.2) is 0 Å². The molecule has 0 aliphatic heterocycles. The largest absolute Gasteiger partial charge is 0.470 e. The van der Waals surface area contributed by atoms with Crippen molar-refractivity contribution in [2.24, 2.45) is 0 Å². The molecule has 0 fully saturated rings. The summed E-state index contributed by atoms with van der Waals surface area (Å²) in [6.45, 7) is 0. The normalized spacial score (nSPS) is 9.25. The molecule has 1 aromatic heterocycles. The van der Waals surface area contributed by atoms with Crippen LogP contribution < -0.4 is 4.90 Å². The molecular weight excluding hydrogens is 102 g/mol. The van der Waals surface area contributed by atoms with Crippen LogP contribution in [-0.4, -0.2) is 7.05 Å². The maximum atomic E-state index is 4.79. The third-order valence-electron chi connectivity index (χ3n) is 0.947. The van der Waals surface area contributed by atoms with Crippen LogP contribution in [0.15, 0.2) is 23.0 Å². The number of nitrogens with zero attached hydrogens (tertiary/aromatic N) is 1. The molecule has 0 saturated carbocycles. The van der Waals surface area contributed by atoms with Gasteiger partial charge in [0.1, 0.15) is 6.26 Å². The smallest absolute Gasteiger partial charge is 0.114 e. The van der Waals surface area contributed by atoms with Crippen LogP contribution in [0.3, 0.4) is 0 Å². The van der Waals surface area contributed by atoms with Crippen LogP contribution in [-0.2, 0) is 0 Å². The van der Waals surface area contributed by atoms with Gasteiger partial charge in [-0.15, -0.1) is 0 Å². The van der Waals surface area contributed by atoms with Crippen molar-refractivity contribution in [2.75, 3.05) is 11.9 Å². The van der Waals surface area contributed by atoms with E-state index in [4.69, 9.17) is 4.42 Å². The molecule has 1 heterocycles. The summed E-state index contributed by atoms with van der Waals surface area (Å²) in [6.07, 6.45) is 3.27. The second-order valence-corrected chi connectivity index (χ2v) is 1.68. The fraction of sp³-hybridized carbons (Fsp3) is 0.167. The summed E-state index contributed by atoms with van der Waals surface area (Å²) in [5.74, 6) is 0. The number of furan rings is 1. The van der Waals surface area contributed by atoms with Crippen LogP contribution in [0.4, 0.5) is 5.69 Å². The van der Waals surface area contributed by atoms with E-state index in [1.165, 1.54) is 0 Å². The van der Waals surface area contributed by atoms with Crippen molar-refractivity contribution >= 4 is 5.69 Å². The maximum absolute atomic E-state index is 4.79. The highest BCUT2D eigenvalue weighted by Gasteiger charge is 1.91. The lowest BCUT2D eigenvalue weighted by Gasteiger charge is -2.05. The molecule has 0 amide bonds. The van der Waals surface area contributed by atoms with Gasteiger partial charge < -0.3 is 9.32 Å². The van der Waals surface area contributed by atoms with Crippen molar-refractivity contribution in [1.29, 1.82) is 0 Å². The summed E-state index contributed by atoms with van der Waals surface area (Å²) in [7, 11) is 5.52. The molecule has 0 atom stereocenters. The van der Waals surface area contributed by atoms with Crippen LogP contribution in [0, 0.1) is 7.05 Å². The predicted octanol–water partition coefficient (Wildman–Crippen LogP) is 1.51. The monoisotopic (exact) mass is 110 g/mol. The molecule has 0 aliphatic rings. The van der Waals surface area contributed by atoms with Crippen LogP contribution in [0.25, 0.3) is 0 Å². The Morgan fingerprint density at radius 2 is 2.50 bits per heavy atom. The Bertz CT molecular complexity index is 144. The second kappa shape index (κ2) is 1.90. The molecule has 0 aromatic carbocycles. The minimum Gasteiger partial charge on any atom is -0.470 e. The molecule has 8 heavy (non-hydrogen) atoms. The molecule has 1 rings (SSSR count). The average Bonchev–Trinajstić information content (AvgIpc) is 2.12. The minimum atomic E-state index is 0.991. The SMILES string of the molecule is [CH2]N(C)c1ccoc1. The Kier molecular flexibility index (Phi) is 1.24. The highest BCUT2D eigenvalue weighted by Crippen LogP contribution is 2.09. The molecule has 43 valence electrons. The van der Waals surface area contributed by atoms with E-state index in [1.807, 2.05) is 13.1 Å². The van der Waals surface area contributed by atoms with Gasteiger partial charge in [-0.3, -0.25) is 0 Å². The van der Waals surface area contributed by atoms with Crippen molar-refractivity contribution in [1.82, 2.24) is 0 Å². The van der Waals surface area contributed by atoms with E-state index in [0.717, 1.165) is 5.69 Å². The standard InChI is InChI=1S/C6H8NO/c1-7(2)6-3-4-8-5-6/h3-5H,1H2,2H3. The molecular formula is C6H8NO. The third kappa shape index (κ3) is 0.832. The van der Waals surface area contributed by atoms with Crippen molar-refractivity contribution in [3.63, 3.8) is 0 Å². The zero-order chi connectivity index (χ0) is 5.98. The molecule has 0 unspecified atom stereocenters. The molecule has 2 nitrogen and oxygen atoms in total. The van der Waals surface area contributed by atoms with E-state index in [2.05, 4.69) is 7.05 Å². The van der Waals surface area contributed by atoms with Crippen LogP contribution in [0.2, 0.25) is 0 Å². The Morgan fingerprint density at radius 3 is 2.75 bits per heavy atom. The lowest BCUT2D eigenvalue weighted by molar-refractivity contribution is 0.567. The Labute approximate surface area is 48.7 Å². The summed E-state index contributed by atoms with van der Waals surface area (Å²) in [4.78, 5) is 1.74. The number of rotatable bonds is 1. The fourth-order valence-corrected chi connectivity index (χ4v) is 0.474. The lowest BCUT2D eigenvalue weighted by atomic mass is 10.5. The summed E-state index contributed by atoms with van der Waals surface area (Å²) in [5.41, 5.74) is 0.991. The Morgan fingerprint density at radius 1 is 1.75 bits per heavy atom. The van der Waals surface area contributed by atoms with Crippen LogP contribution in [0.5, 0.6) is 0 Å². The lowest BCUT2D eigenvalue weighted by Crippen LogP contribution is -2.02. The van der Waals surface area contributed by atoms with Gasteiger partial charge in [0.25, 0.3) is 0 Å². The molecule has 1 aromatic rings. The van der Waals surface area contributed by atoms with E-state index >= 15 is 0 Å². The fourth-order valence-electron chi connectivity index (χ4n) is 0.474. The molecule has 0 N–H and O–H groups in total. The Hall–Kier alpha value is -0.920. The van der Waals surface area contributed by atoms with Crippen molar-refractivity contribution in [3.05, 3.63) is 25.6 Å². The second-order valence-electron chi connectivity index (χ2n) is 1.68. The number of hydrogen-bond donors (Lipinski definition) is 0. The van der Waals surface area contributed by atoms with Crippen LogP contribution in [0.1, 0.15) is 0 Å². The van der Waals surface area contributed by atoms with Gasteiger partial charge in [0, 0.05) is 14.1 Å². The molecule has 0 bridgehead atoms. The number of anilines is 1. The molecule has 2 heteroatoms. The molecule has 0 saturated heterocycles. The van der Waals surface area contributed by atoms with E-state index in [-0.39, 0.29) is 0 Å². The van der Waals surface area contributed by atoms with Gasteiger partial charge in [0.2, 0.25) is 0 Å². The van der Waals surface area contributed by atoms with Crippen molar-refractivity contribution in [2.45, 2.75) is 0 Å². The van der Waals surface area contributed by atoms with Gasteiger partial charge in [0.05, 0.1) is 12.0 Å². The third-order valence-corrected chi connectivity index (χ3v) is 0.947. The quantitative estimate of drug-likeness (QED) is 0.544. The van der Waals surface area contributed by atoms with Gasteiger partial charge in [0.15, 0.2) is 0 Å². The van der Waals surface area contributed by atoms with E-state index in [0.29, 0.717) is 0 Å². The Balaban J connectivity index is 2.77. The number of hydrogen-bond acceptors (Lipinski definition) is 2. The zero-order valence-corrected chi connectivity index (χ0v) is 4.79. The topological polar surface area (TPSA) is 16.4 Å². The van der Waals surface area contributed by atoms with Crippen LogP contribution >= 0.6 is 0 Å². The van der Waals surface area contributed by atoms with Gasteiger partial charge in [-0.2, -0.15) is 0 Å². The minimum absolute atomic E-state index is 0.991. The average molecular weight is 110 g/mol. The first-order valence-corrected chi connectivity index (χ1v) is 2.37. The molecule has 1 radical (unpaired) electrons. The predicted molar refractivity (Wildman–Crippen MR) is 32.5 cm³/mol. The van der Waals surface area contributed by atoms with Gasteiger partial charge in [-0.05, 0) is 6.07 Å². The maximum Gasteiger partial charge on any atom is 0.114 e. The highest BCUT2D eigenvalue weighted by molar-refractivity contribution is 5.41. The van der Waals surface area contributed by atoms with Gasteiger partial charge >= 0.3 is 0 Å². The summed E-state index contributed by atoms with van der Waals surface area (Å²) < 4.78 is 4.79. The van der Waals surface area contributed by atoms with Crippen molar-refractivity contribution < 1.29 is 4.42 Å². The van der Waals surface area contributed by atoms with Crippen molar-refractivity contribution in [3.8, 4) is 0 Å². The van der Waals surface area contributed by atoms with Gasteiger partial charge in [-0.1, -0.05) is 0 Å². The summed E-state index contributed by atoms with van der Waals surface area (Å²) in [5, 5.41) is 0. The van der Waals surface area contributed by atoms with E-state index in [9.17, 15) is 0 Å². The zero-order valence-electron chi connectivity index (χ0n) is 4.79. The summed E-state index contributed by atoms with van der Waals surface area (Å²) in [6, 6.07) is 1.85. The first kappa shape index (κ1) is 5.22.